The van der Waals surface area contributed by atoms with E-state index in [0.717, 1.165) is 0 Å². The Morgan fingerprint density at radius 3 is 2.25 bits per heavy atom. The summed E-state index contributed by atoms with van der Waals surface area (Å²) in [6.07, 6.45) is 4.35. The van der Waals surface area contributed by atoms with Crippen molar-refractivity contribution in [2.45, 2.75) is 38.4 Å². The molecule has 47 valence electrons. The van der Waals surface area contributed by atoms with E-state index >= 15 is 0 Å². The van der Waals surface area contributed by atoms with Gasteiger partial charge in [0.15, 0.2) is 0 Å². The first kappa shape index (κ1) is 6.34. The van der Waals surface area contributed by atoms with Gasteiger partial charge in [0.1, 0.15) is 0 Å². The van der Waals surface area contributed by atoms with E-state index in [1.54, 1.807) is 0 Å². The van der Waals surface area contributed by atoms with Crippen molar-refractivity contribution in [2.24, 2.45) is 0 Å². The van der Waals surface area contributed by atoms with E-state index in [1.807, 2.05) is 0 Å². The van der Waals surface area contributed by atoms with Crippen molar-refractivity contribution < 1.29 is 0 Å². The molecule has 1 heterocycles. The zero-order valence-corrected chi connectivity index (χ0v) is 6.91. The van der Waals surface area contributed by atoms with Gasteiger partial charge in [-0.2, -0.15) is 0 Å². The van der Waals surface area contributed by atoms with Crippen LogP contribution in [0.5, 0.6) is 0 Å². The summed E-state index contributed by atoms with van der Waals surface area (Å²) >= 11 is 0. The minimum atomic E-state index is -0.715. The van der Waals surface area contributed by atoms with Crippen LogP contribution >= 0.6 is 0 Å². The first-order valence-corrected chi connectivity index (χ1v) is 6.83. The second-order valence-electron chi connectivity index (χ2n) is 3.44. The lowest BCUT2D eigenvalue weighted by atomic mass is 10.3. The van der Waals surface area contributed by atoms with Crippen LogP contribution in [0.4, 0.5) is 0 Å². The van der Waals surface area contributed by atoms with Gasteiger partial charge in [0.25, 0.3) is 0 Å². The molecule has 0 atom stereocenters. The maximum atomic E-state index is 2.59. The van der Waals surface area contributed by atoms with E-state index < -0.39 is 8.07 Å². The molecule has 1 aliphatic heterocycles. The molecule has 0 saturated carbocycles. The lowest BCUT2D eigenvalue weighted by molar-refractivity contribution is 0.757. The molecule has 1 radical (unpaired) electrons. The molecule has 1 heteroatoms. The van der Waals surface area contributed by atoms with Gasteiger partial charge in [-0.05, 0) is 6.04 Å². The summed E-state index contributed by atoms with van der Waals surface area (Å²) < 4.78 is 0. The molecule has 1 fully saturated rings. The van der Waals surface area contributed by atoms with E-state index in [-0.39, 0.29) is 0 Å². The highest BCUT2D eigenvalue weighted by Gasteiger charge is 2.22. The average molecular weight is 127 g/mol. The molecule has 0 spiro atoms. The summed E-state index contributed by atoms with van der Waals surface area (Å²) in [6, 6.07) is 4.13. The van der Waals surface area contributed by atoms with Gasteiger partial charge in [0.2, 0.25) is 0 Å². The predicted octanol–water partition coefficient (Wildman–Crippen LogP) is 2.62. The Morgan fingerprint density at radius 1 is 1.25 bits per heavy atom. The Hall–Kier alpha value is 0.217. The minimum Gasteiger partial charge on any atom is -0.0691 e. The highest BCUT2D eigenvalue weighted by molar-refractivity contribution is 6.80. The van der Waals surface area contributed by atoms with Crippen LogP contribution in [0, 0.1) is 6.04 Å². The molecule has 0 aliphatic carbocycles. The highest BCUT2D eigenvalue weighted by Crippen LogP contribution is 2.25. The topological polar surface area (TPSA) is 0 Å². The van der Waals surface area contributed by atoms with E-state index in [2.05, 4.69) is 19.1 Å². The van der Waals surface area contributed by atoms with Gasteiger partial charge in [0, 0.05) is 0 Å². The third-order valence-corrected chi connectivity index (χ3v) is 5.01. The standard InChI is InChI=1S/C7H15Si/c1-8(2)6-4-3-5-7-8/h6H,3-5,7H2,1-2H3. The highest BCUT2D eigenvalue weighted by atomic mass is 28.3. The fourth-order valence-electron chi connectivity index (χ4n) is 1.32. The average Bonchev–Trinajstić information content (AvgIpc) is 1.65. The van der Waals surface area contributed by atoms with E-state index in [1.165, 1.54) is 25.3 Å². The fourth-order valence-corrected chi connectivity index (χ4v) is 3.67. The number of rotatable bonds is 0. The zero-order chi connectivity index (χ0) is 6.04. The van der Waals surface area contributed by atoms with E-state index in [4.69, 9.17) is 0 Å². The van der Waals surface area contributed by atoms with E-state index in [9.17, 15) is 0 Å². The summed E-state index contributed by atoms with van der Waals surface area (Å²) in [5.74, 6) is 0. The lowest BCUT2D eigenvalue weighted by Crippen LogP contribution is -2.28. The van der Waals surface area contributed by atoms with Crippen molar-refractivity contribution in [1.82, 2.24) is 0 Å². The monoisotopic (exact) mass is 127 g/mol. The third kappa shape index (κ3) is 1.62. The Labute approximate surface area is 53.3 Å². The smallest absolute Gasteiger partial charge is 0.0504 e. The van der Waals surface area contributed by atoms with Gasteiger partial charge in [0.05, 0.1) is 8.07 Å². The first-order chi connectivity index (χ1) is 3.71. The van der Waals surface area contributed by atoms with Gasteiger partial charge in [-0.15, -0.1) is 0 Å². The number of hydrogen-bond acceptors (Lipinski definition) is 0. The largest absolute Gasteiger partial charge is 0.0691 e. The summed E-state index contributed by atoms with van der Waals surface area (Å²) in [6.45, 7) is 4.93. The van der Waals surface area contributed by atoms with Crippen LogP contribution in [-0.4, -0.2) is 8.07 Å². The molecule has 0 aromatic carbocycles. The van der Waals surface area contributed by atoms with Crippen molar-refractivity contribution in [1.29, 1.82) is 0 Å². The molecular weight excluding hydrogens is 112 g/mol. The van der Waals surface area contributed by atoms with Gasteiger partial charge in [-0.25, -0.2) is 0 Å². The minimum absolute atomic E-state index is 0.715. The van der Waals surface area contributed by atoms with Crippen molar-refractivity contribution >= 4 is 8.07 Å². The van der Waals surface area contributed by atoms with Crippen LogP contribution in [0.1, 0.15) is 19.3 Å². The molecule has 8 heavy (non-hydrogen) atoms. The molecule has 0 unspecified atom stereocenters. The van der Waals surface area contributed by atoms with Gasteiger partial charge in [-0.3, -0.25) is 0 Å². The first-order valence-electron chi connectivity index (χ1n) is 3.55. The second-order valence-corrected chi connectivity index (χ2v) is 8.32. The van der Waals surface area contributed by atoms with Crippen LogP contribution in [0.15, 0.2) is 0 Å². The van der Waals surface area contributed by atoms with E-state index in [0.29, 0.717) is 0 Å². The molecule has 0 nitrogen and oxygen atoms in total. The quantitative estimate of drug-likeness (QED) is 0.439. The summed E-state index contributed by atoms with van der Waals surface area (Å²) in [5.41, 5.74) is 0. The maximum Gasteiger partial charge on any atom is 0.0504 e. The maximum absolute atomic E-state index is 2.59. The SMILES string of the molecule is C[Si]1(C)[CH]CCCC1. The summed E-state index contributed by atoms with van der Waals surface area (Å²) in [5, 5.41) is 0. The van der Waals surface area contributed by atoms with Crippen molar-refractivity contribution in [2.75, 3.05) is 0 Å². The molecule has 0 amide bonds. The van der Waals surface area contributed by atoms with Crippen molar-refractivity contribution in [3.8, 4) is 0 Å². The zero-order valence-electron chi connectivity index (χ0n) is 5.91. The molecular formula is C7H15Si. The summed E-state index contributed by atoms with van der Waals surface area (Å²) in [7, 11) is -0.715. The third-order valence-electron chi connectivity index (χ3n) is 1.97. The molecule has 0 N–H and O–H groups in total. The van der Waals surface area contributed by atoms with Crippen LogP contribution in [0.3, 0.4) is 0 Å². The molecule has 0 aromatic heterocycles. The number of hydrogen-bond donors (Lipinski definition) is 0. The van der Waals surface area contributed by atoms with Gasteiger partial charge < -0.3 is 0 Å². The van der Waals surface area contributed by atoms with Gasteiger partial charge >= 0.3 is 0 Å². The molecule has 0 aromatic rings. The lowest BCUT2D eigenvalue weighted by Gasteiger charge is -2.26. The summed E-state index contributed by atoms with van der Waals surface area (Å²) in [4.78, 5) is 0. The van der Waals surface area contributed by atoms with Gasteiger partial charge in [-0.1, -0.05) is 38.4 Å². The molecule has 0 bridgehead atoms. The Bertz CT molecular complexity index is 68.5. The Kier molecular flexibility index (Phi) is 1.76. The molecule has 1 saturated heterocycles. The van der Waals surface area contributed by atoms with Crippen LogP contribution in [0.25, 0.3) is 0 Å². The van der Waals surface area contributed by atoms with Crippen LogP contribution in [-0.2, 0) is 0 Å². The predicted molar refractivity (Wildman–Crippen MR) is 40.4 cm³/mol. The Morgan fingerprint density at radius 2 is 2.00 bits per heavy atom. The van der Waals surface area contributed by atoms with Crippen molar-refractivity contribution in [3.05, 3.63) is 6.04 Å². The van der Waals surface area contributed by atoms with Crippen LogP contribution in [0.2, 0.25) is 19.1 Å². The Balaban J connectivity index is 2.33. The normalized spacial score (nSPS) is 27.8. The van der Waals surface area contributed by atoms with Crippen LogP contribution < -0.4 is 0 Å². The molecule has 1 aliphatic rings. The van der Waals surface area contributed by atoms with Crippen molar-refractivity contribution in [3.63, 3.8) is 0 Å². The second kappa shape index (κ2) is 2.22. The molecule has 1 rings (SSSR count). The fraction of sp³-hybridized carbons (Fsp3) is 0.857.